The number of terminal acetylenes is 1. The summed E-state index contributed by atoms with van der Waals surface area (Å²) in [5.74, 6) is 4.45. The third kappa shape index (κ3) is 3.85. The van der Waals surface area contributed by atoms with Gasteiger partial charge in [-0.15, -0.1) is 6.42 Å². The fourth-order valence-electron chi connectivity index (χ4n) is 2.98. The van der Waals surface area contributed by atoms with Gasteiger partial charge in [-0.2, -0.15) is 0 Å². The van der Waals surface area contributed by atoms with Gasteiger partial charge in [0.2, 0.25) is 5.91 Å². The van der Waals surface area contributed by atoms with Crippen LogP contribution in [-0.4, -0.2) is 32.8 Å². The Kier molecular flexibility index (Phi) is 5.27. The molecule has 0 radical (unpaired) electrons. The summed E-state index contributed by atoms with van der Waals surface area (Å²) in [5, 5.41) is 0. The van der Waals surface area contributed by atoms with Crippen LogP contribution >= 0.6 is 0 Å². The number of fused-ring (bicyclic) bond motifs is 1. The second kappa shape index (κ2) is 7.63. The first kappa shape index (κ1) is 18.7. The van der Waals surface area contributed by atoms with Crippen molar-refractivity contribution in [3.05, 3.63) is 48.0 Å². The van der Waals surface area contributed by atoms with Crippen molar-refractivity contribution in [2.75, 3.05) is 31.8 Å². The van der Waals surface area contributed by atoms with Crippen LogP contribution in [-0.2, 0) is 10.2 Å². The van der Waals surface area contributed by atoms with E-state index in [4.69, 9.17) is 20.6 Å². The number of benzene rings is 2. The average Bonchev–Trinajstić information content (AvgIpc) is 2.71. The third-order valence-corrected chi connectivity index (χ3v) is 4.65. The maximum atomic E-state index is 13.2. The average molecular weight is 365 g/mol. The molecule has 1 heterocycles. The van der Waals surface area contributed by atoms with Crippen molar-refractivity contribution in [2.45, 2.75) is 19.3 Å². The van der Waals surface area contributed by atoms with Crippen LogP contribution in [0.1, 0.15) is 19.4 Å². The fourth-order valence-corrected chi connectivity index (χ4v) is 2.98. The molecule has 0 N–H and O–H groups in total. The Morgan fingerprint density at radius 1 is 1.15 bits per heavy atom. The molecule has 0 aliphatic carbocycles. The maximum absolute atomic E-state index is 13.2. The predicted octanol–water partition coefficient (Wildman–Crippen LogP) is 3.41. The van der Waals surface area contributed by atoms with E-state index in [0.29, 0.717) is 30.5 Å². The van der Waals surface area contributed by atoms with Gasteiger partial charge in [0.05, 0.1) is 5.41 Å². The second-order valence-electron chi connectivity index (χ2n) is 6.83. The highest BCUT2D eigenvalue weighted by Crippen LogP contribution is 2.36. The second-order valence-corrected chi connectivity index (χ2v) is 6.83. The lowest BCUT2D eigenvalue weighted by molar-refractivity contribution is -0.122. The van der Waals surface area contributed by atoms with E-state index in [1.54, 1.807) is 24.1 Å². The predicted molar refractivity (Wildman–Crippen MR) is 105 cm³/mol. The summed E-state index contributed by atoms with van der Waals surface area (Å²) in [6.45, 7) is 5.08. The molecule has 5 nitrogen and oxygen atoms in total. The molecule has 0 bridgehead atoms. The van der Waals surface area contributed by atoms with Crippen LogP contribution in [0, 0.1) is 12.3 Å². The van der Waals surface area contributed by atoms with Crippen LogP contribution in [0.3, 0.4) is 0 Å². The molecule has 0 aromatic heterocycles. The minimum absolute atomic E-state index is 0.0310. The zero-order valence-corrected chi connectivity index (χ0v) is 15.8. The molecule has 1 aliphatic rings. The summed E-state index contributed by atoms with van der Waals surface area (Å²) >= 11 is 0. The molecule has 3 rings (SSSR count). The van der Waals surface area contributed by atoms with Gasteiger partial charge in [-0.25, -0.2) is 0 Å². The Bertz CT molecular complexity index is 865. The van der Waals surface area contributed by atoms with Gasteiger partial charge in [-0.1, -0.05) is 12.0 Å². The SMILES string of the molecule is C#CCOc1ccc(N(C)C(=O)C(C)(C)c2ccc3c(c2)OCCO3)cc1. The van der Waals surface area contributed by atoms with Crippen LogP contribution < -0.4 is 19.1 Å². The molecule has 0 saturated carbocycles. The van der Waals surface area contributed by atoms with E-state index in [1.807, 2.05) is 44.2 Å². The topological polar surface area (TPSA) is 48.0 Å². The Morgan fingerprint density at radius 2 is 1.81 bits per heavy atom. The highest BCUT2D eigenvalue weighted by atomic mass is 16.6. The molecule has 2 aromatic carbocycles. The number of rotatable bonds is 5. The van der Waals surface area contributed by atoms with Crippen LogP contribution in [0.4, 0.5) is 5.69 Å². The minimum atomic E-state index is -0.733. The van der Waals surface area contributed by atoms with Gasteiger partial charge < -0.3 is 19.1 Å². The van der Waals surface area contributed by atoms with E-state index in [2.05, 4.69) is 5.92 Å². The highest BCUT2D eigenvalue weighted by Gasteiger charge is 2.34. The molecule has 27 heavy (non-hydrogen) atoms. The third-order valence-electron chi connectivity index (χ3n) is 4.65. The number of hydrogen-bond acceptors (Lipinski definition) is 4. The molecule has 0 fully saturated rings. The normalized spacial score (nSPS) is 12.8. The lowest BCUT2D eigenvalue weighted by Crippen LogP contribution is -2.41. The number of hydrogen-bond donors (Lipinski definition) is 0. The fraction of sp³-hybridized carbons (Fsp3) is 0.318. The van der Waals surface area contributed by atoms with Crippen molar-refractivity contribution in [2.24, 2.45) is 0 Å². The van der Waals surface area contributed by atoms with Crippen molar-refractivity contribution in [3.8, 4) is 29.6 Å². The number of nitrogens with zero attached hydrogens (tertiary/aromatic N) is 1. The molecule has 0 spiro atoms. The van der Waals surface area contributed by atoms with Gasteiger partial charge in [-0.3, -0.25) is 4.79 Å². The van der Waals surface area contributed by atoms with Crippen molar-refractivity contribution in [1.29, 1.82) is 0 Å². The number of anilines is 1. The summed E-state index contributed by atoms with van der Waals surface area (Å²) in [6.07, 6.45) is 5.20. The van der Waals surface area contributed by atoms with Gasteiger partial charge in [-0.05, 0) is 55.8 Å². The van der Waals surface area contributed by atoms with Gasteiger partial charge in [0.25, 0.3) is 0 Å². The zero-order chi connectivity index (χ0) is 19.4. The molecule has 2 aromatic rings. The van der Waals surface area contributed by atoms with Gasteiger partial charge in [0.15, 0.2) is 11.5 Å². The molecule has 5 heteroatoms. The quantitative estimate of drug-likeness (QED) is 0.762. The van der Waals surface area contributed by atoms with Crippen molar-refractivity contribution in [1.82, 2.24) is 0 Å². The van der Waals surface area contributed by atoms with E-state index in [1.165, 1.54) is 0 Å². The summed E-state index contributed by atoms with van der Waals surface area (Å²) < 4.78 is 16.6. The smallest absolute Gasteiger partial charge is 0.236 e. The summed E-state index contributed by atoms with van der Waals surface area (Å²) in [4.78, 5) is 14.8. The molecular weight excluding hydrogens is 342 g/mol. The zero-order valence-electron chi connectivity index (χ0n) is 15.8. The maximum Gasteiger partial charge on any atom is 0.236 e. The molecule has 0 atom stereocenters. The monoisotopic (exact) mass is 365 g/mol. The summed E-state index contributed by atoms with van der Waals surface area (Å²) in [7, 11) is 1.76. The lowest BCUT2D eigenvalue weighted by Gasteiger charge is -2.31. The van der Waals surface area contributed by atoms with E-state index in [9.17, 15) is 4.79 Å². The number of amides is 1. The number of likely N-dealkylation sites (N-methyl/N-ethyl adjacent to an activating group) is 1. The Morgan fingerprint density at radius 3 is 2.48 bits per heavy atom. The number of carbonyl (C=O) groups excluding carboxylic acids is 1. The summed E-state index contributed by atoms with van der Waals surface area (Å²) in [6, 6.07) is 12.9. The van der Waals surface area contributed by atoms with Crippen LogP contribution in [0.5, 0.6) is 17.2 Å². The molecular formula is C22H23NO4. The van der Waals surface area contributed by atoms with E-state index >= 15 is 0 Å². The van der Waals surface area contributed by atoms with Crippen molar-refractivity contribution >= 4 is 11.6 Å². The Hall–Kier alpha value is -3.13. The Balaban J connectivity index is 1.79. The van der Waals surface area contributed by atoms with E-state index in [0.717, 1.165) is 11.3 Å². The molecule has 0 saturated heterocycles. The van der Waals surface area contributed by atoms with Crippen molar-refractivity contribution in [3.63, 3.8) is 0 Å². The highest BCUT2D eigenvalue weighted by molar-refractivity contribution is 6.00. The van der Waals surface area contributed by atoms with Crippen molar-refractivity contribution < 1.29 is 19.0 Å². The van der Waals surface area contributed by atoms with Crippen LogP contribution in [0.25, 0.3) is 0 Å². The molecule has 1 aliphatic heterocycles. The molecule has 140 valence electrons. The Labute approximate surface area is 159 Å². The molecule has 1 amide bonds. The van der Waals surface area contributed by atoms with Crippen LogP contribution in [0.15, 0.2) is 42.5 Å². The number of carbonyl (C=O) groups is 1. The first-order valence-corrected chi connectivity index (χ1v) is 8.78. The largest absolute Gasteiger partial charge is 0.486 e. The van der Waals surface area contributed by atoms with Crippen LogP contribution in [0.2, 0.25) is 0 Å². The first-order chi connectivity index (χ1) is 12.9. The van der Waals surface area contributed by atoms with E-state index < -0.39 is 5.41 Å². The summed E-state index contributed by atoms with van der Waals surface area (Å²) in [5.41, 5.74) is 0.916. The van der Waals surface area contributed by atoms with Gasteiger partial charge in [0.1, 0.15) is 25.6 Å². The van der Waals surface area contributed by atoms with Gasteiger partial charge in [0, 0.05) is 12.7 Å². The van der Waals surface area contributed by atoms with E-state index in [-0.39, 0.29) is 12.5 Å². The first-order valence-electron chi connectivity index (χ1n) is 8.78. The lowest BCUT2D eigenvalue weighted by atomic mass is 9.83. The number of ether oxygens (including phenoxy) is 3. The minimum Gasteiger partial charge on any atom is -0.486 e. The standard InChI is InChI=1S/C22H23NO4/c1-5-12-25-18-9-7-17(8-10-18)23(4)21(24)22(2,3)16-6-11-19-20(15-16)27-14-13-26-19/h1,6-11,15H,12-14H2,2-4H3. The molecule has 0 unspecified atom stereocenters. The van der Waals surface area contributed by atoms with Gasteiger partial charge >= 0.3 is 0 Å².